The number of carboxylic acid groups (broad SMARTS) is 1. The Kier molecular flexibility index (Phi) is 4.99. The van der Waals surface area contributed by atoms with Gasteiger partial charge in [-0.1, -0.05) is 6.92 Å². The fourth-order valence-corrected chi connectivity index (χ4v) is 3.17. The molecule has 0 bridgehead atoms. The lowest BCUT2D eigenvalue weighted by molar-refractivity contribution is 0.0691. The van der Waals surface area contributed by atoms with E-state index in [0.717, 1.165) is 12.2 Å². The summed E-state index contributed by atoms with van der Waals surface area (Å²) in [7, 11) is 0. The van der Waals surface area contributed by atoms with Gasteiger partial charge in [0.05, 0.1) is 11.3 Å². The van der Waals surface area contributed by atoms with Crippen molar-refractivity contribution in [1.29, 1.82) is 0 Å². The van der Waals surface area contributed by atoms with E-state index in [1.165, 1.54) is 24.0 Å². The monoisotopic (exact) mass is 356 g/mol. The first kappa shape index (κ1) is 17.0. The third-order valence-electron chi connectivity index (χ3n) is 3.47. The summed E-state index contributed by atoms with van der Waals surface area (Å²) in [6.45, 7) is 2.06. The van der Waals surface area contributed by atoms with Crippen LogP contribution in [0.1, 0.15) is 34.2 Å². The van der Waals surface area contributed by atoms with Crippen molar-refractivity contribution in [2.45, 2.75) is 18.4 Å². The van der Waals surface area contributed by atoms with Crippen LogP contribution in [0, 0.1) is 0 Å². The van der Waals surface area contributed by atoms with Crippen molar-refractivity contribution < 1.29 is 14.7 Å². The lowest BCUT2D eigenvalue weighted by Crippen LogP contribution is -2.14. The minimum absolute atomic E-state index is 0.0183. The third-order valence-corrected chi connectivity index (χ3v) is 4.68. The molecule has 0 saturated heterocycles. The Morgan fingerprint density at radius 2 is 2.12 bits per heavy atom. The highest BCUT2D eigenvalue weighted by Gasteiger charge is 2.16. The number of amides is 1. The molecule has 0 aliphatic rings. The lowest BCUT2D eigenvalue weighted by atomic mass is 10.2. The van der Waals surface area contributed by atoms with E-state index in [1.54, 1.807) is 24.4 Å². The van der Waals surface area contributed by atoms with Crippen molar-refractivity contribution in [1.82, 2.24) is 15.0 Å². The van der Waals surface area contributed by atoms with Gasteiger partial charge in [0.15, 0.2) is 0 Å². The number of hydrogen-bond acceptors (Lipinski definition) is 5. The highest BCUT2D eigenvalue weighted by atomic mass is 32.2. The minimum Gasteiger partial charge on any atom is -0.477 e. The maximum absolute atomic E-state index is 12.7. The van der Waals surface area contributed by atoms with Crippen LogP contribution >= 0.6 is 11.8 Å². The second kappa shape index (κ2) is 7.35. The summed E-state index contributed by atoms with van der Waals surface area (Å²) >= 11 is 1.53. The molecule has 1 amide bonds. The van der Waals surface area contributed by atoms with Gasteiger partial charge in [-0.25, -0.2) is 14.8 Å². The number of aromatic nitrogens is 3. The Morgan fingerprint density at radius 1 is 1.28 bits per heavy atom. The number of anilines is 1. The van der Waals surface area contributed by atoms with Gasteiger partial charge in [-0.05, 0) is 36.4 Å². The summed E-state index contributed by atoms with van der Waals surface area (Å²) in [6, 6.07) is 6.52. The van der Waals surface area contributed by atoms with E-state index in [-0.39, 0.29) is 11.6 Å². The normalized spacial score (nSPS) is 10.8. The molecule has 0 spiro atoms. The molecule has 0 atom stereocenters. The summed E-state index contributed by atoms with van der Waals surface area (Å²) in [6.07, 6.45) is 4.15. The van der Waals surface area contributed by atoms with Gasteiger partial charge < -0.3 is 15.4 Å². The van der Waals surface area contributed by atoms with Crippen LogP contribution in [0.2, 0.25) is 0 Å². The van der Waals surface area contributed by atoms with E-state index in [2.05, 4.69) is 27.2 Å². The summed E-state index contributed by atoms with van der Waals surface area (Å²) in [5, 5.41) is 13.1. The zero-order chi connectivity index (χ0) is 17.8. The molecule has 8 heteroatoms. The summed E-state index contributed by atoms with van der Waals surface area (Å²) in [5.74, 6) is -0.505. The smallest absolute Gasteiger partial charge is 0.352 e. The van der Waals surface area contributed by atoms with Crippen molar-refractivity contribution in [2.24, 2.45) is 0 Å². The van der Waals surface area contributed by atoms with E-state index in [1.807, 2.05) is 0 Å². The summed E-state index contributed by atoms with van der Waals surface area (Å²) in [5.41, 5.74) is 1.40. The number of rotatable bonds is 6. The Bertz CT molecular complexity index is 939. The van der Waals surface area contributed by atoms with Crippen molar-refractivity contribution >= 4 is 40.4 Å². The average molecular weight is 356 g/mol. The molecule has 0 aliphatic carbocycles. The summed E-state index contributed by atoms with van der Waals surface area (Å²) in [4.78, 5) is 34.9. The first-order chi connectivity index (χ1) is 12.1. The van der Waals surface area contributed by atoms with Crippen LogP contribution in [0.4, 0.5) is 5.69 Å². The Morgan fingerprint density at radius 3 is 2.88 bits per heavy atom. The topological polar surface area (TPSA) is 108 Å². The minimum atomic E-state index is -1.08. The van der Waals surface area contributed by atoms with Gasteiger partial charge in [0, 0.05) is 17.8 Å². The highest BCUT2D eigenvalue weighted by Crippen LogP contribution is 2.25. The number of nitrogens with zero attached hydrogens (tertiary/aromatic N) is 2. The van der Waals surface area contributed by atoms with Crippen LogP contribution < -0.4 is 5.32 Å². The van der Waals surface area contributed by atoms with E-state index < -0.39 is 5.97 Å². The number of thioether (sulfide) groups is 1. The first-order valence-corrected chi connectivity index (χ1v) is 8.69. The zero-order valence-electron chi connectivity index (χ0n) is 13.4. The molecule has 0 fully saturated rings. The maximum atomic E-state index is 12.7. The number of hydrogen-bond donors (Lipinski definition) is 3. The Labute approximate surface area is 147 Å². The van der Waals surface area contributed by atoms with E-state index in [4.69, 9.17) is 5.11 Å². The summed E-state index contributed by atoms with van der Waals surface area (Å²) < 4.78 is 0. The number of nitrogens with one attached hydrogen (secondary N) is 2. The molecule has 128 valence electrons. The Balaban J connectivity index is 1.91. The molecule has 0 saturated carbocycles. The average Bonchev–Trinajstić information content (AvgIpc) is 3.06. The molecule has 3 heterocycles. The number of aromatic amines is 1. The number of pyridine rings is 2. The fraction of sp³-hybridized carbons (Fsp3) is 0.176. The molecule has 3 rings (SSSR count). The predicted molar refractivity (Wildman–Crippen MR) is 96.3 cm³/mol. The van der Waals surface area contributed by atoms with Crippen molar-refractivity contribution in [3.63, 3.8) is 0 Å². The van der Waals surface area contributed by atoms with Crippen LogP contribution in [0.25, 0.3) is 11.0 Å². The van der Waals surface area contributed by atoms with Gasteiger partial charge in [-0.3, -0.25) is 4.79 Å². The van der Waals surface area contributed by atoms with Gasteiger partial charge >= 0.3 is 5.97 Å². The molecule has 25 heavy (non-hydrogen) atoms. The number of aromatic carboxylic acids is 1. The van der Waals surface area contributed by atoms with E-state index in [0.29, 0.717) is 27.3 Å². The molecular formula is C17H16N4O3S. The molecule has 3 N–H and O–H groups in total. The largest absolute Gasteiger partial charge is 0.477 e. The molecule has 7 nitrogen and oxygen atoms in total. The van der Waals surface area contributed by atoms with Crippen LogP contribution in [0.5, 0.6) is 0 Å². The molecular weight excluding hydrogens is 340 g/mol. The van der Waals surface area contributed by atoms with Gasteiger partial charge in [0.2, 0.25) is 0 Å². The predicted octanol–water partition coefficient (Wildman–Crippen LogP) is 3.41. The Hall–Kier alpha value is -2.87. The molecule has 0 radical (unpaired) electrons. The highest BCUT2D eigenvalue weighted by molar-refractivity contribution is 7.99. The van der Waals surface area contributed by atoms with Crippen LogP contribution in [-0.4, -0.2) is 37.7 Å². The van der Waals surface area contributed by atoms with E-state index >= 15 is 0 Å². The fourth-order valence-electron chi connectivity index (χ4n) is 2.32. The number of carbonyl (C=O) groups is 2. The maximum Gasteiger partial charge on any atom is 0.352 e. The third kappa shape index (κ3) is 3.63. The van der Waals surface area contributed by atoms with Gasteiger partial charge in [-0.2, -0.15) is 0 Å². The molecule has 3 aromatic rings. The van der Waals surface area contributed by atoms with Crippen molar-refractivity contribution in [2.75, 3.05) is 11.1 Å². The molecule has 0 unspecified atom stereocenters. The van der Waals surface area contributed by atoms with E-state index in [9.17, 15) is 9.59 Å². The molecule has 0 aliphatic heterocycles. The number of carbonyl (C=O) groups excluding carboxylic acids is 1. The van der Waals surface area contributed by atoms with Gasteiger partial charge in [0.1, 0.15) is 16.4 Å². The number of H-pyrrole nitrogens is 1. The SMILES string of the molecule is CCCSc1ncccc1C(=O)Nc1ccnc2[nH]c(C(=O)O)cc12. The number of fused-ring (bicyclic) bond motifs is 1. The first-order valence-electron chi connectivity index (χ1n) is 7.70. The van der Waals surface area contributed by atoms with Crippen LogP contribution in [0.15, 0.2) is 41.7 Å². The zero-order valence-corrected chi connectivity index (χ0v) is 14.3. The standard InChI is InChI=1S/C17H16N4O3S/c1-2-8-25-16-10(4-3-6-19-16)15(22)21-12-5-7-18-14-11(12)9-13(20-14)17(23)24/h3-7,9H,2,8H2,1H3,(H,23,24)(H2,18,20,21,22). The molecule has 3 aromatic heterocycles. The van der Waals surface area contributed by atoms with Crippen molar-refractivity contribution in [3.05, 3.63) is 47.9 Å². The second-order valence-corrected chi connectivity index (χ2v) is 6.35. The lowest BCUT2D eigenvalue weighted by Gasteiger charge is -2.09. The van der Waals surface area contributed by atoms with Crippen LogP contribution in [-0.2, 0) is 0 Å². The molecule has 0 aromatic carbocycles. The quantitative estimate of drug-likeness (QED) is 0.584. The van der Waals surface area contributed by atoms with Gasteiger partial charge in [0.25, 0.3) is 5.91 Å². The van der Waals surface area contributed by atoms with Gasteiger partial charge in [-0.15, -0.1) is 11.8 Å². The van der Waals surface area contributed by atoms with Crippen LogP contribution in [0.3, 0.4) is 0 Å². The second-order valence-electron chi connectivity index (χ2n) is 5.27. The van der Waals surface area contributed by atoms with Crippen molar-refractivity contribution in [3.8, 4) is 0 Å². The number of carboxylic acids is 1.